The van der Waals surface area contributed by atoms with Crippen molar-refractivity contribution in [3.05, 3.63) is 77.9 Å². The summed E-state index contributed by atoms with van der Waals surface area (Å²) in [5, 5.41) is 3.23. The van der Waals surface area contributed by atoms with Crippen molar-refractivity contribution in [1.82, 2.24) is 10.3 Å². The fraction of sp³-hybridized carbons (Fsp3) is 0.318. The number of aliphatic imine (C=N–C) groups is 1. The third kappa shape index (κ3) is 5.33. The van der Waals surface area contributed by atoms with E-state index in [0.717, 1.165) is 19.3 Å². The Kier molecular flexibility index (Phi) is 6.66. The number of aromatic nitrogens is 1. The monoisotopic (exact) mass is 380 g/mol. The average molecular weight is 380 g/mol. The van der Waals surface area contributed by atoms with Gasteiger partial charge in [0.15, 0.2) is 0 Å². The third-order valence-corrected chi connectivity index (χ3v) is 5.17. The maximum atomic E-state index is 13.2. The number of rotatable bonds is 9. The molecule has 1 aliphatic heterocycles. The van der Waals surface area contributed by atoms with Gasteiger partial charge in [-0.25, -0.2) is 4.39 Å². The molecule has 2 heterocycles. The number of hydrogen-bond acceptors (Lipinski definition) is 4. The van der Waals surface area contributed by atoms with Gasteiger partial charge in [0.2, 0.25) is 5.91 Å². The molecule has 0 saturated carbocycles. The van der Waals surface area contributed by atoms with Crippen LogP contribution in [0.1, 0.15) is 30.0 Å². The number of nitrogens with one attached hydrogen (secondary N) is 1. The lowest BCUT2D eigenvalue weighted by Gasteiger charge is -2.31. The van der Waals surface area contributed by atoms with Gasteiger partial charge >= 0.3 is 0 Å². The summed E-state index contributed by atoms with van der Waals surface area (Å²) in [7, 11) is 0. The molecule has 0 aliphatic carbocycles. The lowest BCUT2D eigenvalue weighted by molar-refractivity contribution is -0.120. The zero-order valence-electron chi connectivity index (χ0n) is 15.7. The van der Waals surface area contributed by atoms with Crippen molar-refractivity contribution in [2.75, 3.05) is 13.1 Å². The molecule has 1 amide bonds. The first kappa shape index (κ1) is 19.9. The Morgan fingerprint density at radius 2 is 1.93 bits per heavy atom. The number of primary amides is 1. The first-order valence-electron chi connectivity index (χ1n) is 9.43. The second-order valence-corrected chi connectivity index (χ2v) is 7.16. The summed E-state index contributed by atoms with van der Waals surface area (Å²) < 4.78 is 13.2. The first-order valence-corrected chi connectivity index (χ1v) is 9.43. The molecule has 6 heteroatoms. The van der Waals surface area contributed by atoms with E-state index in [2.05, 4.69) is 21.4 Å². The van der Waals surface area contributed by atoms with Crippen LogP contribution in [-0.4, -0.2) is 30.2 Å². The van der Waals surface area contributed by atoms with Crippen LogP contribution in [-0.2, 0) is 11.2 Å². The second kappa shape index (κ2) is 9.37. The highest BCUT2D eigenvalue weighted by Gasteiger charge is 2.28. The van der Waals surface area contributed by atoms with Crippen LogP contribution in [0.15, 0.2) is 65.9 Å². The van der Waals surface area contributed by atoms with Crippen molar-refractivity contribution >= 4 is 12.1 Å². The van der Waals surface area contributed by atoms with Crippen LogP contribution in [0.5, 0.6) is 0 Å². The molecule has 0 radical (unpaired) electrons. The van der Waals surface area contributed by atoms with E-state index >= 15 is 0 Å². The van der Waals surface area contributed by atoms with Crippen LogP contribution in [0, 0.1) is 11.2 Å². The standard InChI is InChI=1S/C22H25FN4O/c23-19-4-2-18(3-5-19)20(21(24)28)27-15-11-22(9-1-12-26-16-22)10-6-17-7-13-25-14-8-17/h1-5,7-9,12-14,20,27H,6,10-11,15-16H2,(H2,24,28). The minimum Gasteiger partial charge on any atom is -0.368 e. The van der Waals surface area contributed by atoms with E-state index in [9.17, 15) is 9.18 Å². The lowest BCUT2D eigenvalue weighted by Crippen LogP contribution is -2.37. The highest BCUT2D eigenvalue weighted by molar-refractivity contribution is 5.81. The van der Waals surface area contributed by atoms with E-state index in [-0.39, 0.29) is 11.2 Å². The minimum absolute atomic E-state index is 0.0734. The van der Waals surface area contributed by atoms with Crippen LogP contribution >= 0.6 is 0 Å². The molecule has 1 aromatic heterocycles. The Hall–Kier alpha value is -2.86. The number of nitrogens with zero attached hydrogens (tertiary/aromatic N) is 2. The Bertz CT molecular complexity index is 835. The molecule has 0 fully saturated rings. The van der Waals surface area contributed by atoms with Crippen molar-refractivity contribution < 1.29 is 9.18 Å². The number of pyridine rings is 1. The number of benzene rings is 1. The fourth-order valence-electron chi connectivity index (χ4n) is 3.49. The van der Waals surface area contributed by atoms with Crippen LogP contribution in [0.25, 0.3) is 0 Å². The normalized spacial score (nSPS) is 19.5. The summed E-state index contributed by atoms with van der Waals surface area (Å²) in [5.41, 5.74) is 7.39. The summed E-state index contributed by atoms with van der Waals surface area (Å²) in [6, 6.07) is 9.25. The van der Waals surface area contributed by atoms with E-state index in [1.165, 1.54) is 17.7 Å². The van der Waals surface area contributed by atoms with Gasteiger partial charge in [-0.15, -0.1) is 0 Å². The molecule has 2 atom stereocenters. The Morgan fingerprint density at radius 3 is 2.57 bits per heavy atom. The Morgan fingerprint density at radius 1 is 1.18 bits per heavy atom. The summed E-state index contributed by atoms with van der Waals surface area (Å²) in [6.45, 7) is 1.31. The van der Waals surface area contributed by atoms with Gasteiger partial charge in [-0.2, -0.15) is 0 Å². The van der Waals surface area contributed by atoms with Gasteiger partial charge < -0.3 is 11.1 Å². The summed E-state index contributed by atoms with van der Waals surface area (Å²) in [5.74, 6) is -0.818. The zero-order chi connectivity index (χ0) is 19.8. The maximum absolute atomic E-state index is 13.2. The zero-order valence-corrected chi connectivity index (χ0v) is 15.7. The Labute approximate surface area is 164 Å². The molecule has 146 valence electrons. The van der Waals surface area contributed by atoms with E-state index in [1.54, 1.807) is 24.5 Å². The molecule has 0 spiro atoms. The molecular weight excluding hydrogens is 355 g/mol. The van der Waals surface area contributed by atoms with Gasteiger partial charge in [-0.05, 0) is 67.3 Å². The van der Waals surface area contributed by atoms with E-state index in [0.29, 0.717) is 18.7 Å². The number of halogens is 1. The SMILES string of the molecule is NC(=O)C(NCCC1(CCc2ccncc2)C=CC=NC1)c1ccc(F)cc1. The molecule has 28 heavy (non-hydrogen) atoms. The number of carbonyl (C=O) groups excluding carboxylic acids is 1. The fourth-order valence-corrected chi connectivity index (χ4v) is 3.49. The van der Waals surface area contributed by atoms with Crippen LogP contribution < -0.4 is 11.1 Å². The van der Waals surface area contributed by atoms with Crippen molar-refractivity contribution in [3.8, 4) is 0 Å². The molecule has 5 nitrogen and oxygen atoms in total. The average Bonchev–Trinajstić information content (AvgIpc) is 2.72. The van der Waals surface area contributed by atoms with Crippen LogP contribution in [0.4, 0.5) is 4.39 Å². The van der Waals surface area contributed by atoms with Gasteiger partial charge in [-0.1, -0.05) is 18.2 Å². The quantitative estimate of drug-likeness (QED) is 0.702. The number of aryl methyl sites for hydroxylation is 1. The lowest BCUT2D eigenvalue weighted by atomic mass is 9.78. The summed E-state index contributed by atoms with van der Waals surface area (Å²) >= 11 is 0. The maximum Gasteiger partial charge on any atom is 0.239 e. The van der Waals surface area contributed by atoms with Crippen LogP contribution in [0.3, 0.4) is 0 Å². The molecule has 0 saturated heterocycles. The molecule has 3 rings (SSSR count). The van der Waals surface area contributed by atoms with E-state index < -0.39 is 11.9 Å². The molecule has 1 aromatic carbocycles. The third-order valence-electron chi connectivity index (χ3n) is 5.17. The summed E-state index contributed by atoms with van der Waals surface area (Å²) in [4.78, 5) is 20.4. The van der Waals surface area contributed by atoms with Gasteiger partial charge in [0.25, 0.3) is 0 Å². The molecule has 0 bridgehead atoms. The van der Waals surface area contributed by atoms with E-state index in [4.69, 9.17) is 5.73 Å². The smallest absolute Gasteiger partial charge is 0.239 e. The largest absolute Gasteiger partial charge is 0.368 e. The number of carbonyl (C=O) groups is 1. The van der Waals surface area contributed by atoms with Gasteiger partial charge in [0.05, 0.1) is 0 Å². The van der Waals surface area contributed by atoms with Crippen molar-refractivity contribution in [1.29, 1.82) is 0 Å². The van der Waals surface area contributed by atoms with Gasteiger partial charge in [0.1, 0.15) is 11.9 Å². The van der Waals surface area contributed by atoms with Crippen molar-refractivity contribution in [3.63, 3.8) is 0 Å². The number of nitrogens with two attached hydrogens (primary N) is 1. The molecular formula is C22H25FN4O. The van der Waals surface area contributed by atoms with Gasteiger partial charge in [-0.3, -0.25) is 14.8 Å². The molecule has 2 unspecified atom stereocenters. The first-order chi connectivity index (χ1) is 13.6. The van der Waals surface area contributed by atoms with Crippen molar-refractivity contribution in [2.24, 2.45) is 16.1 Å². The van der Waals surface area contributed by atoms with E-state index in [1.807, 2.05) is 24.4 Å². The molecule has 2 aromatic rings. The number of amides is 1. The second-order valence-electron chi connectivity index (χ2n) is 7.16. The Balaban J connectivity index is 1.62. The van der Waals surface area contributed by atoms with Crippen molar-refractivity contribution in [2.45, 2.75) is 25.3 Å². The minimum atomic E-state index is -0.645. The predicted molar refractivity (Wildman–Crippen MR) is 108 cm³/mol. The number of allylic oxidation sites excluding steroid dienone is 1. The highest BCUT2D eigenvalue weighted by Crippen LogP contribution is 2.32. The van der Waals surface area contributed by atoms with Crippen LogP contribution in [0.2, 0.25) is 0 Å². The molecule has 3 N–H and O–H groups in total. The summed E-state index contributed by atoms with van der Waals surface area (Å²) in [6.07, 6.45) is 12.3. The molecule has 1 aliphatic rings. The number of dihydropyridines is 1. The highest BCUT2D eigenvalue weighted by atomic mass is 19.1. The topological polar surface area (TPSA) is 80.4 Å². The number of hydrogen-bond donors (Lipinski definition) is 2. The van der Waals surface area contributed by atoms with Gasteiger partial charge in [0, 0.05) is 30.6 Å². The predicted octanol–water partition coefficient (Wildman–Crippen LogP) is 2.99.